The zero-order valence-electron chi connectivity index (χ0n) is 10.4. The molecular weight excluding hydrogens is 236 g/mol. The summed E-state index contributed by atoms with van der Waals surface area (Å²) in [6, 6.07) is 0.342. The lowest BCUT2D eigenvalue weighted by atomic mass is 10.6. The van der Waals surface area contributed by atoms with Crippen LogP contribution in [0.2, 0.25) is 0 Å². The van der Waals surface area contributed by atoms with Crippen LogP contribution in [0.1, 0.15) is 6.92 Å². The van der Waals surface area contributed by atoms with Crippen LogP contribution in [0.15, 0.2) is 12.4 Å². The predicted molar refractivity (Wildman–Crippen MR) is 63.9 cm³/mol. The summed E-state index contributed by atoms with van der Waals surface area (Å²) in [5, 5.41) is 6.89. The molecule has 2 aromatic rings. The lowest BCUT2D eigenvalue weighted by Gasteiger charge is -2.05. The van der Waals surface area contributed by atoms with Crippen molar-refractivity contribution in [3.63, 3.8) is 0 Å². The Hall–Kier alpha value is -2.38. The molecule has 2 rings (SSSR count). The van der Waals surface area contributed by atoms with Gasteiger partial charge in [0.05, 0.1) is 19.5 Å². The van der Waals surface area contributed by atoms with Gasteiger partial charge in [-0.1, -0.05) is 0 Å². The lowest BCUT2D eigenvalue weighted by Crippen LogP contribution is -2.03. The van der Waals surface area contributed by atoms with E-state index < -0.39 is 0 Å². The maximum atomic E-state index is 5.48. The van der Waals surface area contributed by atoms with E-state index in [1.54, 1.807) is 24.1 Å². The maximum Gasteiger partial charge on any atom is 0.330 e. The van der Waals surface area contributed by atoms with Gasteiger partial charge >= 0.3 is 12.0 Å². The summed E-state index contributed by atoms with van der Waals surface area (Å²) >= 11 is 0. The minimum Gasteiger partial charge on any atom is -0.467 e. The van der Waals surface area contributed by atoms with Gasteiger partial charge in [-0.05, 0) is 6.92 Å². The number of hydrogen-bond donors (Lipinski definition) is 1. The van der Waals surface area contributed by atoms with Crippen molar-refractivity contribution in [3.05, 3.63) is 12.4 Å². The highest BCUT2D eigenvalue weighted by Crippen LogP contribution is 2.19. The Morgan fingerprint density at radius 3 is 2.67 bits per heavy atom. The average Bonchev–Trinajstić information content (AvgIpc) is 2.85. The first-order chi connectivity index (χ1) is 8.75. The molecule has 0 aromatic carbocycles. The Kier molecular flexibility index (Phi) is 3.56. The van der Waals surface area contributed by atoms with Gasteiger partial charge in [0.2, 0.25) is 5.95 Å². The van der Waals surface area contributed by atoms with Gasteiger partial charge in [0.15, 0.2) is 5.75 Å². The number of rotatable bonds is 5. The van der Waals surface area contributed by atoms with E-state index in [4.69, 9.17) is 9.47 Å². The molecule has 0 saturated carbocycles. The van der Waals surface area contributed by atoms with Crippen molar-refractivity contribution in [2.75, 3.05) is 19.5 Å². The second-order valence-electron chi connectivity index (χ2n) is 3.31. The molecule has 0 saturated heterocycles. The zero-order chi connectivity index (χ0) is 13.0. The van der Waals surface area contributed by atoms with Gasteiger partial charge in [0.1, 0.15) is 0 Å². The molecule has 96 valence electrons. The van der Waals surface area contributed by atoms with E-state index in [0.717, 1.165) is 6.54 Å². The summed E-state index contributed by atoms with van der Waals surface area (Å²) in [7, 11) is 3.18. The van der Waals surface area contributed by atoms with Crippen LogP contribution in [0.4, 0.5) is 5.95 Å². The SMILES string of the molecule is CCn1cc(Oc2nc(NC)nc(OC)n2)cn1. The van der Waals surface area contributed by atoms with Gasteiger partial charge < -0.3 is 14.8 Å². The number of nitrogens with one attached hydrogen (secondary N) is 1. The van der Waals surface area contributed by atoms with E-state index in [2.05, 4.69) is 25.4 Å². The van der Waals surface area contributed by atoms with Crippen LogP contribution in [0.3, 0.4) is 0 Å². The van der Waals surface area contributed by atoms with Crippen molar-refractivity contribution in [1.82, 2.24) is 24.7 Å². The minimum absolute atomic E-state index is 0.154. The molecule has 0 fully saturated rings. The van der Waals surface area contributed by atoms with Gasteiger partial charge in [-0.2, -0.15) is 15.1 Å². The Morgan fingerprint density at radius 1 is 1.28 bits per heavy atom. The first-order valence-corrected chi connectivity index (χ1v) is 5.43. The predicted octanol–water partition coefficient (Wildman–Crippen LogP) is 0.931. The number of anilines is 1. The standard InChI is InChI=1S/C10H14N6O2/c1-4-16-6-7(5-12-16)18-10-14-8(11-2)13-9(15-10)17-3/h5-6H,4H2,1-3H3,(H,11,13,14,15). The molecule has 1 N–H and O–H groups in total. The normalized spacial score (nSPS) is 10.2. The fraction of sp³-hybridized carbons (Fsp3) is 0.400. The van der Waals surface area contributed by atoms with E-state index >= 15 is 0 Å². The van der Waals surface area contributed by atoms with Crippen LogP contribution in [-0.4, -0.2) is 38.9 Å². The van der Waals surface area contributed by atoms with Crippen molar-refractivity contribution in [2.24, 2.45) is 0 Å². The van der Waals surface area contributed by atoms with E-state index in [9.17, 15) is 0 Å². The lowest BCUT2D eigenvalue weighted by molar-refractivity contribution is 0.360. The zero-order valence-corrected chi connectivity index (χ0v) is 10.4. The van der Waals surface area contributed by atoms with E-state index in [-0.39, 0.29) is 12.0 Å². The Morgan fingerprint density at radius 2 is 2.06 bits per heavy atom. The first-order valence-electron chi connectivity index (χ1n) is 5.43. The van der Waals surface area contributed by atoms with Gasteiger partial charge in [0.25, 0.3) is 0 Å². The van der Waals surface area contributed by atoms with Crippen LogP contribution in [0.5, 0.6) is 17.8 Å². The molecule has 0 aliphatic rings. The van der Waals surface area contributed by atoms with Crippen molar-refractivity contribution in [1.29, 1.82) is 0 Å². The summed E-state index contributed by atoms with van der Waals surface area (Å²) in [4.78, 5) is 12.0. The fourth-order valence-electron chi connectivity index (χ4n) is 1.26. The summed E-state index contributed by atoms with van der Waals surface area (Å²) < 4.78 is 12.2. The van der Waals surface area contributed by atoms with Crippen LogP contribution in [0.25, 0.3) is 0 Å². The van der Waals surface area contributed by atoms with Gasteiger partial charge in [-0.3, -0.25) is 4.68 Å². The minimum atomic E-state index is 0.154. The second-order valence-corrected chi connectivity index (χ2v) is 3.31. The van der Waals surface area contributed by atoms with Crippen LogP contribution < -0.4 is 14.8 Å². The largest absolute Gasteiger partial charge is 0.467 e. The summed E-state index contributed by atoms with van der Waals surface area (Å²) in [5.41, 5.74) is 0. The van der Waals surface area contributed by atoms with E-state index in [1.165, 1.54) is 7.11 Å². The van der Waals surface area contributed by atoms with Crippen LogP contribution >= 0.6 is 0 Å². The molecule has 0 bridgehead atoms. The van der Waals surface area contributed by atoms with E-state index in [0.29, 0.717) is 11.7 Å². The number of aromatic nitrogens is 5. The molecule has 2 aromatic heterocycles. The van der Waals surface area contributed by atoms with Gasteiger partial charge in [-0.15, -0.1) is 4.98 Å². The fourth-order valence-corrected chi connectivity index (χ4v) is 1.26. The highest BCUT2D eigenvalue weighted by atomic mass is 16.5. The van der Waals surface area contributed by atoms with Crippen molar-refractivity contribution >= 4 is 5.95 Å². The molecule has 8 nitrogen and oxygen atoms in total. The molecule has 0 spiro atoms. The molecule has 18 heavy (non-hydrogen) atoms. The maximum absolute atomic E-state index is 5.48. The van der Waals surface area contributed by atoms with Crippen molar-refractivity contribution < 1.29 is 9.47 Å². The van der Waals surface area contributed by atoms with E-state index in [1.807, 2.05) is 6.92 Å². The summed E-state index contributed by atoms with van der Waals surface area (Å²) in [5.74, 6) is 0.937. The van der Waals surface area contributed by atoms with Crippen LogP contribution in [0, 0.1) is 0 Å². The summed E-state index contributed by atoms with van der Waals surface area (Å²) in [6.45, 7) is 2.76. The highest BCUT2D eigenvalue weighted by Gasteiger charge is 2.09. The number of methoxy groups -OCH3 is 1. The molecule has 8 heteroatoms. The molecular formula is C10H14N6O2. The molecule has 2 heterocycles. The second kappa shape index (κ2) is 5.30. The number of ether oxygens (including phenoxy) is 2. The van der Waals surface area contributed by atoms with Crippen molar-refractivity contribution in [3.8, 4) is 17.8 Å². The Balaban J connectivity index is 2.22. The quantitative estimate of drug-likeness (QED) is 0.844. The Labute approximate surface area is 104 Å². The number of nitrogens with zero attached hydrogens (tertiary/aromatic N) is 5. The van der Waals surface area contributed by atoms with Gasteiger partial charge in [0, 0.05) is 13.6 Å². The van der Waals surface area contributed by atoms with Crippen molar-refractivity contribution in [2.45, 2.75) is 13.5 Å². The van der Waals surface area contributed by atoms with Crippen LogP contribution in [-0.2, 0) is 6.54 Å². The molecule has 0 aliphatic carbocycles. The smallest absolute Gasteiger partial charge is 0.330 e. The topological polar surface area (TPSA) is 87.0 Å². The molecule has 0 aliphatic heterocycles. The third-order valence-corrected chi connectivity index (χ3v) is 2.14. The molecule has 0 unspecified atom stereocenters. The molecule has 0 radical (unpaired) electrons. The molecule has 0 amide bonds. The monoisotopic (exact) mass is 250 g/mol. The summed E-state index contributed by atoms with van der Waals surface area (Å²) in [6.07, 6.45) is 3.36. The number of hydrogen-bond acceptors (Lipinski definition) is 7. The average molecular weight is 250 g/mol. The third kappa shape index (κ3) is 2.65. The Bertz CT molecular complexity index is 505. The first kappa shape index (κ1) is 12.1. The highest BCUT2D eigenvalue weighted by molar-refractivity contribution is 5.28. The third-order valence-electron chi connectivity index (χ3n) is 2.14. The number of aryl methyl sites for hydroxylation is 1. The van der Waals surface area contributed by atoms with Gasteiger partial charge in [-0.25, -0.2) is 0 Å². The molecule has 0 atom stereocenters.